The zero-order chi connectivity index (χ0) is 12.3. The monoisotopic (exact) mass is 306 g/mol. The minimum absolute atomic E-state index is 0.100. The number of Topliss-reactive ketones (excluding diaryl/α,β-unsaturated/α-hetero) is 1. The fourth-order valence-corrected chi connectivity index (χ4v) is 3.11. The highest BCUT2D eigenvalue weighted by atomic mass is 79.9. The molecule has 2 aromatic rings. The number of carbonyl (C=O) groups is 1. The van der Waals surface area contributed by atoms with E-state index in [9.17, 15) is 4.79 Å². The molecule has 0 aliphatic rings. The van der Waals surface area contributed by atoms with Gasteiger partial charge in [0.25, 0.3) is 0 Å². The lowest BCUT2D eigenvalue weighted by molar-refractivity contribution is 0.101. The van der Waals surface area contributed by atoms with Crippen molar-refractivity contribution in [3.05, 3.63) is 58.6 Å². The molecule has 0 aromatic heterocycles. The lowest BCUT2D eigenvalue weighted by Gasteiger charge is -2.06. The molecule has 0 amide bonds. The number of halogens is 1. The molecule has 0 saturated carbocycles. The Hall–Kier alpha value is -1.06. The van der Waals surface area contributed by atoms with E-state index >= 15 is 0 Å². The summed E-state index contributed by atoms with van der Waals surface area (Å²) in [6.07, 6.45) is 0. The molecule has 0 unspecified atom stereocenters. The van der Waals surface area contributed by atoms with E-state index in [0.717, 1.165) is 19.8 Å². The smallest absolute Gasteiger partial charge is 0.160 e. The van der Waals surface area contributed by atoms with Gasteiger partial charge in [-0.25, -0.2) is 0 Å². The van der Waals surface area contributed by atoms with Gasteiger partial charge in [0, 0.05) is 19.8 Å². The molecule has 0 bridgehead atoms. The van der Waals surface area contributed by atoms with Gasteiger partial charge >= 0.3 is 0 Å². The minimum Gasteiger partial charge on any atom is -0.294 e. The lowest BCUT2D eigenvalue weighted by Crippen LogP contribution is -1.94. The van der Waals surface area contributed by atoms with Crippen LogP contribution in [-0.4, -0.2) is 5.78 Å². The molecule has 17 heavy (non-hydrogen) atoms. The van der Waals surface area contributed by atoms with Crippen molar-refractivity contribution in [2.75, 3.05) is 0 Å². The van der Waals surface area contributed by atoms with Crippen LogP contribution in [0.2, 0.25) is 0 Å². The molecule has 0 heterocycles. The van der Waals surface area contributed by atoms with Crippen molar-refractivity contribution in [2.24, 2.45) is 0 Å². The van der Waals surface area contributed by atoms with Crippen LogP contribution in [0, 0.1) is 0 Å². The first kappa shape index (κ1) is 12.4. The normalized spacial score (nSPS) is 10.2. The first-order valence-electron chi connectivity index (χ1n) is 5.20. The van der Waals surface area contributed by atoms with Gasteiger partial charge < -0.3 is 0 Å². The number of benzene rings is 2. The van der Waals surface area contributed by atoms with Gasteiger partial charge in [-0.05, 0) is 31.2 Å². The lowest BCUT2D eigenvalue weighted by atomic mass is 10.1. The molecule has 0 fully saturated rings. The average Bonchev–Trinajstić information content (AvgIpc) is 2.29. The second kappa shape index (κ2) is 5.52. The van der Waals surface area contributed by atoms with E-state index < -0.39 is 0 Å². The number of carbonyl (C=O) groups excluding carboxylic acids is 1. The first-order valence-corrected chi connectivity index (χ1v) is 6.81. The van der Waals surface area contributed by atoms with Crippen molar-refractivity contribution < 1.29 is 4.79 Å². The van der Waals surface area contributed by atoms with Gasteiger partial charge in [-0.15, -0.1) is 0 Å². The number of hydrogen-bond acceptors (Lipinski definition) is 2. The Morgan fingerprint density at radius 3 is 2.59 bits per heavy atom. The zero-order valence-corrected chi connectivity index (χ0v) is 11.7. The highest BCUT2D eigenvalue weighted by Crippen LogP contribution is 2.31. The van der Waals surface area contributed by atoms with E-state index in [1.165, 1.54) is 0 Å². The molecule has 2 aromatic carbocycles. The van der Waals surface area contributed by atoms with Gasteiger partial charge in [0.15, 0.2) is 5.78 Å². The van der Waals surface area contributed by atoms with Gasteiger partial charge in [-0.3, -0.25) is 4.79 Å². The second-order valence-electron chi connectivity index (χ2n) is 3.61. The van der Waals surface area contributed by atoms with E-state index in [-0.39, 0.29) is 5.78 Å². The van der Waals surface area contributed by atoms with E-state index in [0.29, 0.717) is 0 Å². The molecule has 1 nitrogen and oxygen atoms in total. The summed E-state index contributed by atoms with van der Waals surface area (Å²) in [5.74, 6) is 0.100. The molecule has 0 aliphatic carbocycles. The van der Waals surface area contributed by atoms with Crippen molar-refractivity contribution in [1.82, 2.24) is 0 Å². The largest absolute Gasteiger partial charge is 0.294 e. The highest BCUT2D eigenvalue weighted by Gasteiger charge is 2.07. The molecular weight excluding hydrogens is 296 g/mol. The molecule has 3 heteroatoms. The maximum absolute atomic E-state index is 11.5. The fourth-order valence-electron chi connectivity index (χ4n) is 1.50. The average molecular weight is 307 g/mol. The zero-order valence-electron chi connectivity index (χ0n) is 9.31. The van der Waals surface area contributed by atoms with Gasteiger partial charge in [-0.1, -0.05) is 52.0 Å². The van der Waals surface area contributed by atoms with E-state index in [2.05, 4.69) is 15.9 Å². The number of ketones is 1. The van der Waals surface area contributed by atoms with Gasteiger partial charge in [0.05, 0.1) is 0 Å². The molecule has 86 valence electrons. The predicted octanol–water partition coefficient (Wildman–Crippen LogP) is 4.80. The van der Waals surface area contributed by atoms with Crippen molar-refractivity contribution in [2.45, 2.75) is 16.7 Å². The van der Waals surface area contributed by atoms with E-state index in [1.807, 2.05) is 48.5 Å². The van der Waals surface area contributed by atoms with Crippen LogP contribution in [0.3, 0.4) is 0 Å². The molecule has 0 aliphatic heterocycles. The predicted molar refractivity (Wildman–Crippen MR) is 74.7 cm³/mol. The fraction of sp³-hybridized carbons (Fsp3) is 0.0714. The Bertz CT molecular complexity index is 551. The summed E-state index contributed by atoms with van der Waals surface area (Å²) in [6.45, 7) is 1.60. The summed E-state index contributed by atoms with van der Waals surface area (Å²) in [6, 6.07) is 15.7. The third-order valence-corrected chi connectivity index (χ3v) is 3.85. The Kier molecular flexibility index (Phi) is 4.02. The maximum atomic E-state index is 11.5. The third-order valence-electron chi connectivity index (χ3n) is 2.29. The third kappa shape index (κ3) is 3.20. The SMILES string of the molecule is CC(=O)c1ccccc1Sc1cccc(Br)c1. The number of rotatable bonds is 3. The summed E-state index contributed by atoms with van der Waals surface area (Å²) in [4.78, 5) is 13.6. The van der Waals surface area contributed by atoms with Crippen LogP contribution in [0.25, 0.3) is 0 Å². The molecule has 0 saturated heterocycles. The highest BCUT2D eigenvalue weighted by molar-refractivity contribution is 9.10. The number of hydrogen-bond donors (Lipinski definition) is 0. The van der Waals surface area contributed by atoms with Crippen LogP contribution in [0.1, 0.15) is 17.3 Å². The van der Waals surface area contributed by atoms with Crippen LogP contribution >= 0.6 is 27.7 Å². The quantitative estimate of drug-likeness (QED) is 0.757. The van der Waals surface area contributed by atoms with Crippen LogP contribution in [0.15, 0.2) is 62.8 Å². The molecule has 0 N–H and O–H groups in total. The standard InChI is InChI=1S/C14H11BrOS/c1-10(16)13-7-2-3-8-14(13)17-12-6-4-5-11(15)9-12/h2-9H,1H3. The maximum Gasteiger partial charge on any atom is 0.160 e. The Morgan fingerprint density at radius 2 is 1.88 bits per heavy atom. The summed E-state index contributed by atoms with van der Waals surface area (Å²) in [5, 5.41) is 0. The molecule has 0 spiro atoms. The minimum atomic E-state index is 0.100. The molecule has 2 rings (SSSR count). The van der Waals surface area contributed by atoms with Crippen molar-refractivity contribution in [3.63, 3.8) is 0 Å². The van der Waals surface area contributed by atoms with E-state index in [4.69, 9.17) is 0 Å². The summed E-state index contributed by atoms with van der Waals surface area (Å²) in [5.41, 5.74) is 0.775. The Balaban J connectivity index is 2.33. The Labute approximate surface area is 113 Å². The Morgan fingerprint density at radius 1 is 1.12 bits per heavy atom. The summed E-state index contributed by atoms with van der Waals surface area (Å²) >= 11 is 5.05. The van der Waals surface area contributed by atoms with Crippen LogP contribution < -0.4 is 0 Å². The van der Waals surface area contributed by atoms with Crippen LogP contribution in [0.5, 0.6) is 0 Å². The van der Waals surface area contributed by atoms with Crippen molar-refractivity contribution >= 4 is 33.5 Å². The van der Waals surface area contributed by atoms with Gasteiger partial charge in [0.1, 0.15) is 0 Å². The molecular formula is C14H11BrOS. The van der Waals surface area contributed by atoms with Crippen molar-refractivity contribution in [1.29, 1.82) is 0 Å². The van der Waals surface area contributed by atoms with E-state index in [1.54, 1.807) is 18.7 Å². The van der Waals surface area contributed by atoms with Gasteiger partial charge in [-0.2, -0.15) is 0 Å². The van der Waals surface area contributed by atoms with Crippen LogP contribution in [-0.2, 0) is 0 Å². The molecule has 0 atom stereocenters. The second-order valence-corrected chi connectivity index (χ2v) is 5.64. The topological polar surface area (TPSA) is 17.1 Å². The van der Waals surface area contributed by atoms with Crippen LogP contribution in [0.4, 0.5) is 0 Å². The van der Waals surface area contributed by atoms with Gasteiger partial charge in [0.2, 0.25) is 0 Å². The summed E-state index contributed by atoms with van der Waals surface area (Å²) < 4.78 is 1.04. The summed E-state index contributed by atoms with van der Waals surface area (Å²) in [7, 11) is 0. The van der Waals surface area contributed by atoms with Crippen molar-refractivity contribution in [3.8, 4) is 0 Å². The first-order chi connectivity index (χ1) is 8.16. The molecule has 0 radical (unpaired) electrons.